The molecule has 116 valence electrons. The lowest BCUT2D eigenvalue weighted by molar-refractivity contribution is 0.223. The van der Waals surface area contributed by atoms with E-state index in [9.17, 15) is 8.42 Å². The van der Waals surface area contributed by atoms with Crippen molar-refractivity contribution in [2.75, 3.05) is 6.61 Å². The Morgan fingerprint density at radius 3 is 1.74 bits per heavy atom. The van der Waals surface area contributed by atoms with Gasteiger partial charge in [-0.15, -0.1) is 0 Å². The molecule has 0 fully saturated rings. The minimum atomic E-state index is -3.75. The van der Waals surface area contributed by atoms with Gasteiger partial charge in [-0.3, -0.25) is 4.18 Å². The van der Waals surface area contributed by atoms with Crippen molar-refractivity contribution in [1.82, 2.24) is 0 Å². The van der Waals surface area contributed by atoms with Crippen LogP contribution in [0.1, 0.15) is 78.1 Å². The van der Waals surface area contributed by atoms with Crippen LogP contribution in [0.15, 0.2) is 0 Å². The van der Waals surface area contributed by atoms with Crippen molar-refractivity contribution in [3.05, 3.63) is 0 Å². The lowest BCUT2D eigenvalue weighted by atomic mass is 10.1. The third-order valence-electron chi connectivity index (χ3n) is 3.16. The van der Waals surface area contributed by atoms with E-state index in [2.05, 4.69) is 11.1 Å². The highest BCUT2D eigenvalue weighted by Gasteiger charge is 2.17. The van der Waals surface area contributed by atoms with Crippen molar-refractivity contribution >= 4 is 10.1 Å². The highest BCUT2D eigenvalue weighted by Crippen LogP contribution is 2.11. The molecule has 0 saturated carbocycles. The summed E-state index contributed by atoms with van der Waals surface area (Å²) in [7, 11) is -3.75. The maximum atomic E-state index is 11.1. The molecule has 0 aromatic rings. The third kappa shape index (κ3) is 11.4. The first-order chi connectivity index (χ1) is 9.00. The minimum absolute atomic E-state index is 0.184. The van der Waals surface area contributed by atoms with Gasteiger partial charge in [0.05, 0.1) is 6.61 Å². The minimum Gasteiger partial charge on any atom is -0.375 e. The summed E-state index contributed by atoms with van der Waals surface area (Å²) >= 11 is 0. The first kappa shape index (κ1) is 18.9. The largest absolute Gasteiger partial charge is 0.375 e. The Hall–Kier alpha value is -0.130. The number of unbranched alkanes of at least 4 members (excludes halogenated alkanes) is 9. The molecule has 4 nitrogen and oxygen atoms in total. The summed E-state index contributed by atoms with van der Waals surface area (Å²) in [5.41, 5.74) is -1.43. The molecule has 0 spiro atoms. The maximum absolute atomic E-state index is 11.1. The van der Waals surface area contributed by atoms with Gasteiger partial charge in [-0.2, -0.15) is 8.42 Å². The van der Waals surface area contributed by atoms with Crippen molar-refractivity contribution < 1.29 is 17.7 Å². The maximum Gasteiger partial charge on any atom is 0.294 e. The molecule has 0 heterocycles. The van der Waals surface area contributed by atoms with E-state index in [4.69, 9.17) is 5.11 Å². The Balaban J connectivity index is 3.24. The Kier molecular flexibility index (Phi) is 11.6. The fourth-order valence-electron chi connectivity index (χ4n) is 1.86. The van der Waals surface area contributed by atoms with Crippen LogP contribution >= 0.6 is 0 Å². The monoisotopic (exact) mass is 294 g/mol. The molecule has 0 radical (unpaired) electrons. The van der Waals surface area contributed by atoms with Crippen LogP contribution in [0.4, 0.5) is 0 Å². The fourth-order valence-corrected chi connectivity index (χ4v) is 2.41. The van der Waals surface area contributed by atoms with Crippen LogP contribution in [0, 0.1) is 0 Å². The molecule has 1 unspecified atom stereocenters. The fraction of sp³-hybridized carbons (Fsp3) is 1.00. The molecule has 0 aliphatic rings. The molecule has 0 aliphatic heterocycles. The lowest BCUT2D eigenvalue weighted by Gasteiger charge is -2.07. The molecule has 0 saturated heterocycles. The quantitative estimate of drug-likeness (QED) is 0.416. The average Bonchev–Trinajstić information content (AvgIpc) is 2.35. The molecule has 5 heteroatoms. The molecule has 0 aromatic heterocycles. The van der Waals surface area contributed by atoms with Crippen molar-refractivity contribution in [3.63, 3.8) is 0 Å². The Labute approximate surface area is 118 Å². The van der Waals surface area contributed by atoms with Crippen molar-refractivity contribution in [1.29, 1.82) is 0 Å². The van der Waals surface area contributed by atoms with Gasteiger partial charge in [-0.25, -0.2) is 0 Å². The van der Waals surface area contributed by atoms with Crippen molar-refractivity contribution in [2.45, 2.75) is 83.5 Å². The van der Waals surface area contributed by atoms with Crippen LogP contribution in [-0.4, -0.2) is 25.6 Å². The van der Waals surface area contributed by atoms with Gasteiger partial charge < -0.3 is 5.11 Å². The second-order valence-electron chi connectivity index (χ2n) is 5.10. The predicted octanol–water partition coefficient (Wildman–Crippen LogP) is 3.59. The van der Waals surface area contributed by atoms with E-state index in [1.54, 1.807) is 0 Å². The van der Waals surface area contributed by atoms with Crippen LogP contribution in [-0.2, 0) is 14.3 Å². The molecular formula is C14H30O4S. The zero-order chi connectivity index (χ0) is 14.6. The summed E-state index contributed by atoms with van der Waals surface area (Å²) < 4.78 is 26.9. The molecule has 1 N–H and O–H groups in total. The predicted molar refractivity (Wildman–Crippen MR) is 78.4 cm³/mol. The van der Waals surface area contributed by atoms with Crippen LogP contribution in [0.2, 0.25) is 0 Å². The Bertz CT molecular complexity index is 286. The first-order valence-corrected chi connectivity index (χ1v) is 9.04. The molecule has 19 heavy (non-hydrogen) atoms. The molecule has 0 bridgehead atoms. The smallest absolute Gasteiger partial charge is 0.294 e. The van der Waals surface area contributed by atoms with Crippen molar-refractivity contribution in [2.24, 2.45) is 0 Å². The number of hydrogen-bond donors (Lipinski definition) is 1. The van der Waals surface area contributed by atoms with E-state index in [-0.39, 0.29) is 6.61 Å². The second kappa shape index (κ2) is 11.7. The number of hydrogen-bond acceptors (Lipinski definition) is 4. The highest BCUT2D eigenvalue weighted by molar-refractivity contribution is 7.87. The van der Waals surface area contributed by atoms with Gasteiger partial charge >= 0.3 is 0 Å². The van der Waals surface area contributed by atoms with E-state index in [0.717, 1.165) is 19.3 Å². The second-order valence-corrected chi connectivity index (χ2v) is 7.00. The van der Waals surface area contributed by atoms with Gasteiger partial charge in [0.2, 0.25) is 0 Å². The lowest BCUT2D eigenvalue weighted by Crippen LogP contribution is -2.20. The van der Waals surface area contributed by atoms with Crippen LogP contribution in [0.5, 0.6) is 0 Å². The van der Waals surface area contributed by atoms with Crippen LogP contribution in [0.25, 0.3) is 0 Å². The van der Waals surface area contributed by atoms with E-state index < -0.39 is 15.6 Å². The topological polar surface area (TPSA) is 63.6 Å². The first-order valence-electron chi connectivity index (χ1n) is 7.57. The number of rotatable bonds is 13. The summed E-state index contributed by atoms with van der Waals surface area (Å²) in [6, 6.07) is 0. The van der Waals surface area contributed by atoms with E-state index in [1.165, 1.54) is 51.9 Å². The zero-order valence-electron chi connectivity index (χ0n) is 12.4. The summed E-state index contributed by atoms with van der Waals surface area (Å²) in [6.45, 7) is 3.61. The molecular weight excluding hydrogens is 264 g/mol. The normalized spacial score (nSPS) is 13.6. The summed E-state index contributed by atoms with van der Waals surface area (Å²) in [5, 5.41) is 8.93. The van der Waals surface area contributed by atoms with Gasteiger partial charge in [-0.1, -0.05) is 64.7 Å². The Morgan fingerprint density at radius 1 is 0.895 bits per heavy atom. The van der Waals surface area contributed by atoms with Gasteiger partial charge in [-0.05, 0) is 13.3 Å². The van der Waals surface area contributed by atoms with E-state index >= 15 is 0 Å². The van der Waals surface area contributed by atoms with Crippen molar-refractivity contribution in [3.8, 4) is 0 Å². The number of aliphatic hydroxyl groups is 1. The third-order valence-corrected chi connectivity index (χ3v) is 4.49. The standard InChI is InChI=1S/C14H30O4S/c1-3-4-5-6-7-8-9-10-11-12-13-18-19(16,17)14(2)15/h14-15H,3-13H2,1-2H3. The molecule has 0 aliphatic carbocycles. The Morgan fingerprint density at radius 2 is 1.32 bits per heavy atom. The average molecular weight is 294 g/mol. The van der Waals surface area contributed by atoms with Gasteiger partial charge in [0.15, 0.2) is 5.44 Å². The van der Waals surface area contributed by atoms with E-state index in [1.807, 2.05) is 0 Å². The molecule has 0 amide bonds. The summed E-state index contributed by atoms with van der Waals surface area (Å²) in [5.74, 6) is 0. The van der Waals surface area contributed by atoms with Crippen LogP contribution in [0.3, 0.4) is 0 Å². The molecule has 1 atom stereocenters. The van der Waals surface area contributed by atoms with Gasteiger partial charge in [0, 0.05) is 0 Å². The highest BCUT2D eigenvalue weighted by atomic mass is 32.2. The molecule has 0 aromatic carbocycles. The summed E-state index contributed by atoms with van der Waals surface area (Å²) in [6.07, 6.45) is 12.0. The van der Waals surface area contributed by atoms with Crippen LogP contribution < -0.4 is 0 Å². The number of aliphatic hydroxyl groups excluding tert-OH is 1. The van der Waals surface area contributed by atoms with Gasteiger partial charge in [0.25, 0.3) is 10.1 Å². The molecule has 0 rings (SSSR count). The zero-order valence-corrected chi connectivity index (χ0v) is 13.3. The SMILES string of the molecule is CCCCCCCCCCCCOS(=O)(=O)C(C)O. The van der Waals surface area contributed by atoms with Gasteiger partial charge in [0.1, 0.15) is 0 Å². The summed E-state index contributed by atoms with van der Waals surface area (Å²) in [4.78, 5) is 0. The van der Waals surface area contributed by atoms with E-state index in [0.29, 0.717) is 0 Å².